The number of hydrogen-bond acceptors (Lipinski definition) is 4. The highest BCUT2D eigenvalue weighted by Crippen LogP contribution is 2.29. The molecule has 27 heavy (non-hydrogen) atoms. The van der Waals surface area contributed by atoms with E-state index in [1.54, 1.807) is 18.2 Å². The van der Waals surface area contributed by atoms with Gasteiger partial charge in [0.15, 0.2) is 0 Å². The van der Waals surface area contributed by atoms with Crippen LogP contribution in [-0.4, -0.2) is 25.0 Å². The summed E-state index contributed by atoms with van der Waals surface area (Å²) in [4.78, 5) is 35.9. The quantitative estimate of drug-likeness (QED) is 0.799. The van der Waals surface area contributed by atoms with Crippen LogP contribution in [0.1, 0.15) is 27.6 Å². The summed E-state index contributed by atoms with van der Waals surface area (Å²) < 4.78 is 43.0. The second kappa shape index (κ2) is 8.35. The average Bonchev–Trinajstić information content (AvgIpc) is 2.65. The third kappa shape index (κ3) is 5.30. The van der Waals surface area contributed by atoms with Gasteiger partial charge in [0.25, 0.3) is 5.91 Å². The highest BCUT2D eigenvalue weighted by Gasteiger charge is 2.31. The summed E-state index contributed by atoms with van der Waals surface area (Å²) >= 11 is 0. The topological polar surface area (TPSA) is 84.5 Å². The van der Waals surface area contributed by atoms with Crippen molar-refractivity contribution in [3.05, 3.63) is 71.3 Å². The lowest BCUT2D eigenvalue weighted by Crippen LogP contribution is -2.41. The summed E-state index contributed by atoms with van der Waals surface area (Å²) in [5.74, 6) is -1.91. The molecule has 2 aromatic rings. The number of carbonyl (C=O) groups is 3. The molecule has 3 amide bonds. The molecule has 2 rings (SSSR count). The van der Waals surface area contributed by atoms with Crippen LogP contribution >= 0.6 is 0 Å². The van der Waals surface area contributed by atoms with Gasteiger partial charge >= 0.3 is 18.2 Å². The number of esters is 1. The van der Waals surface area contributed by atoms with Crippen LogP contribution in [0.5, 0.6) is 0 Å². The number of halogens is 3. The number of hydrogen-bond donors (Lipinski definition) is 2. The predicted molar refractivity (Wildman–Crippen MR) is 88.6 cm³/mol. The van der Waals surface area contributed by atoms with E-state index in [2.05, 4.69) is 5.32 Å². The second-order valence-corrected chi connectivity index (χ2v) is 5.34. The fraction of sp³-hybridized carbons (Fsp3) is 0.167. The molecule has 2 N–H and O–H groups in total. The molecule has 0 saturated carbocycles. The Morgan fingerprint density at radius 2 is 1.56 bits per heavy atom. The van der Waals surface area contributed by atoms with Gasteiger partial charge in [-0.25, -0.2) is 9.59 Å². The van der Waals surface area contributed by atoms with Gasteiger partial charge in [-0.1, -0.05) is 30.3 Å². The third-order valence-corrected chi connectivity index (χ3v) is 3.48. The molecule has 0 heterocycles. The molecule has 6 nitrogen and oxygen atoms in total. The molecule has 142 valence electrons. The Bertz CT molecular complexity index is 821. The van der Waals surface area contributed by atoms with E-state index in [9.17, 15) is 27.6 Å². The first-order valence-corrected chi connectivity index (χ1v) is 7.68. The van der Waals surface area contributed by atoms with Crippen molar-refractivity contribution in [1.82, 2.24) is 10.6 Å². The summed E-state index contributed by atoms with van der Waals surface area (Å²) in [5.41, 5.74) is -0.799. The first kappa shape index (κ1) is 20.0. The molecule has 0 aromatic heterocycles. The lowest BCUT2D eigenvalue weighted by molar-refractivity contribution is -0.137. The van der Waals surface area contributed by atoms with Crippen LogP contribution in [0.25, 0.3) is 0 Å². The molecule has 0 aliphatic rings. The van der Waals surface area contributed by atoms with Crippen LogP contribution in [0.4, 0.5) is 18.0 Å². The van der Waals surface area contributed by atoms with Crippen molar-refractivity contribution in [3.63, 3.8) is 0 Å². The van der Waals surface area contributed by atoms with Crippen molar-refractivity contribution in [2.45, 2.75) is 12.3 Å². The van der Waals surface area contributed by atoms with Gasteiger partial charge in [0.05, 0.1) is 11.1 Å². The summed E-state index contributed by atoms with van der Waals surface area (Å²) in [6.07, 6.45) is -6.00. The van der Waals surface area contributed by atoms with Crippen molar-refractivity contribution in [1.29, 1.82) is 0 Å². The van der Waals surface area contributed by atoms with Gasteiger partial charge in [-0.3, -0.25) is 10.1 Å². The fourth-order valence-electron chi connectivity index (χ4n) is 2.11. The van der Waals surface area contributed by atoms with Gasteiger partial charge in [-0.2, -0.15) is 13.2 Å². The van der Waals surface area contributed by atoms with Crippen LogP contribution in [0.15, 0.2) is 54.6 Å². The van der Waals surface area contributed by atoms with Crippen LogP contribution in [-0.2, 0) is 15.7 Å². The largest absolute Gasteiger partial charge is 0.444 e. The summed E-state index contributed by atoms with van der Waals surface area (Å²) in [7, 11) is 1.30. The van der Waals surface area contributed by atoms with Gasteiger partial charge in [0, 0.05) is 12.6 Å². The van der Waals surface area contributed by atoms with Gasteiger partial charge in [0.2, 0.25) is 6.10 Å². The maximum absolute atomic E-state index is 12.6. The van der Waals surface area contributed by atoms with Crippen LogP contribution in [0, 0.1) is 0 Å². The highest BCUT2D eigenvalue weighted by molar-refractivity contribution is 5.99. The lowest BCUT2D eigenvalue weighted by atomic mass is 10.1. The van der Waals surface area contributed by atoms with Crippen molar-refractivity contribution in [3.8, 4) is 0 Å². The number of benzene rings is 2. The normalized spacial score (nSPS) is 12.0. The highest BCUT2D eigenvalue weighted by atomic mass is 19.4. The van der Waals surface area contributed by atoms with E-state index in [-0.39, 0.29) is 5.56 Å². The van der Waals surface area contributed by atoms with Gasteiger partial charge in [0.1, 0.15) is 0 Å². The van der Waals surface area contributed by atoms with Crippen LogP contribution < -0.4 is 10.6 Å². The number of rotatable bonds is 4. The Morgan fingerprint density at radius 1 is 0.963 bits per heavy atom. The average molecular weight is 380 g/mol. The standard InChI is InChI=1S/C18H15F3N2O4/c1-22-17(26)23-15(24)14(11-5-3-2-4-6-11)27-16(25)12-7-9-13(10-8-12)18(19,20)21/h2-10,14H,1H3,(H2,22,23,24,26)/t14-/m1/s1. The number of carbonyl (C=O) groups excluding carboxylic acids is 3. The maximum Gasteiger partial charge on any atom is 0.416 e. The Hall–Kier alpha value is -3.36. The van der Waals surface area contributed by atoms with Gasteiger partial charge < -0.3 is 10.1 Å². The molecule has 0 bridgehead atoms. The van der Waals surface area contributed by atoms with Crippen molar-refractivity contribution >= 4 is 17.9 Å². The molecule has 0 saturated heterocycles. The minimum Gasteiger partial charge on any atom is -0.444 e. The van der Waals surface area contributed by atoms with Crippen molar-refractivity contribution in [2.24, 2.45) is 0 Å². The van der Waals surface area contributed by atoms with E-state index < -0.39 is 35.8 Å². The molecule has 0 unspecified atom stereocenters. The first-order valence-electron chi connectivity index (χ1n) is 7.68. The molecule has 0 spiro atoms. The zero-order chi connectivity index (χ0) is 20.0. The van der Waals surface area contributed by atoms with Gasteiger partial charge in [-0.15, -0.1) is 0 Å². The lowest BCUT2D eigenvalue weighted by Gasteiger charge is -2.17. The first-order chi connectivity index (χ1) is 12.7. The minimum absolute atomic E-state index is 0.170. The Balaban J connectivity index is 2.23. The number of nitrogens with one attached hydrogen (secondary N) is 2. The van der Waals surface area contributed by atoms with E-state index in [0.29, 0.717) is 5.56 Å². The Kier molecular flexibility index (Phi) is 6.17. The second-order valence-electron chi connectivity index (χ2n) is 5.34. The monoisotopic (exact) mass is 380 g/mol. The van der Waals surface area contributed by atoms with Gasteiger partial charge in [-0.05, 0) is 24.3 Å². The molecule has 2 aromatic carbocycles. The smallest absolute Gasteiger partial charge is 0.416 e. The number of ether oxygens (including phenoxy) is 1. The molecule has 0 fully saturated rings. The van der Waals surface area contributed by atoms with E-state index in [1.807, 2.05) is 5.32 Å². The number of amides is 3. The number of alkyl halides is 3. The minimum atomic E-state index is -4.54. The summed E-state index contributed by atoms with van der Waals surface area (Å²) in [6, 6.07) is 10.5. The molecule has 9 heteroatoms. The molecule has 0 radical (unpaired) electrons. The Labute approximate surface area is 152 Å². The zero-order valence-corrected chi connectivity index (χ0v) is 14.0. The maximum atomic E-state index is 12.6. The van der Waals surface area contributed by atoms with E-state index >= 15 is 0 Å². The number of urea groups is 1. The SMILES string of the molecule is CNC(=O)NC(=O)[C@H](OC(=O)c1ccc(C(F)(F)F)cc1)c1ccccc1. The van der Waals surface area contributed by atoms with E-state index in [0.717, 1.165) is 24.3 Å². The third-order valence-electron chi connectivity index (χ3n) is 3.48. The number of imide groups is 1. The Morgan fingerprint density at radius 3 is 2.07 bits per heavy atom. The zero-order valence-electron chi connectivity index (χ0n) is 14.0. The summed E-state index contributed by atoms with van der Waals surface area (Å²) in [6.45, 7) is 0. The van der Waals surface area contributed by atoms with Crippen molar-refractivity contribution < 1.29 is 32.3 Å². The van der Waals surface area contributed by atoms with Crippen LogP contribution in [0.3, 0.4) is 0 Å². The predicted octanol–water partition coefficient (Wildman–Crippen LogP) is 3.06. The molecular weight excluding hydrogens is 365 g/mol. The summed E-state index contributed by atoms with van der Waals surface area (Å²) in [5, 5.41) is 4.19. The molecule has 1 atom stereocenters. The fourth-order valence-corrected chi connectivity index (χ4v) is 2.11. The molecular formula is C18H15F3N2O4. The molecule has 0 aliphatic heterocycles. The van der Waals surface area contributed by atoms with Crippen LogP contribution in [0.2, 0.25) is 0 Å². The van der Waals surface area contributed by atoms with E-state index in [1.165, 1.54) is 19.2 Å². The van der Waals surface area contributed by atoms with Crippen molar-refractivity contribution in [2.75, 3.05) is 7.05 Å². The van der Waals surface area contributed by atoms with E-state index in [4.69, 9.17) is 4.74 Å². The molecule has 0 aliphatic carbocycles.